The van der Waals surface area contributed by atoms with E-state index in [1.54, 1.807) is 0 Å². The Hall–Kier alpha value is -1.31. The first-order valence-corrected chi connectivity index (χ1v) is 4.98. The van der Waals surface area contributed by atoms with Gasteiger partial charge in [0.1, 0.15) is 4.60 Å². The van der Waals surface area contributed by atoms with Crippen LogP contribution in [0, 0.1) is 11.6 Å². The number of rotatable bonds is 0. The van der Waals surface area contributed by atoms with Crippen molar-refractivity contribution >= 4 is 27.0 Å². The third-order valence-electron chi connectivity index (χ3n) is 1.93. The van der Waals surface area contributed by atoms with Gasteiger partial charge in [-0.05, 0) is 15.9 Å². The molecular weight excluding hydrogens is 311 g/mol. The number of hydrogen-bond acceptors (Lipinski definition) is 2. The number of hydrogen-bond donors (Lipinski definition) is 0. The highest BCUT2D eigenvalue weighted by molar-refractivity contribution is 9.10. The van der Waals surface area contributed by atoms with Crippen LogP contribution in [0.5, 0.6) is 0 Å². The molecular formula is C9H2BrF5N2. The molecule has 0 atom stereocenters. The van der Waals surface area contributed by atoms with E-state index in [2.05, 4.69) is 25.9 Å². The smallest absolute Gasteiger partial charge is 0.239 e. The second-order valence-corrected chi connectivity index (χ2v) is 3.87. The summed E-state index contributed by atoms with van der Waals surface area (Å²) >= 11 is 2.59. The molecule has 1 heterocycles. The van der Waals surface area contributed by atoms with Crippen LogP contribution in [-0.2, 0) is 6.18 Å². The molecule has 0 aliphatic carbocycles. The lowest BCUT2D eigenvalue weighted by atomic mass is 10.2. The van der Waals surface area contributed by atoms with Gasteiger partial charge in [-0.2, -0.15) is 13.2 Å². The first-order chi connectivity index (χ1) is 7.79. The Morgan fingerprint density at radius 3 is 1.88 bits per heavy atom. The molecule has 8 heteroatoms. The summed E-state index contributed by atoms with van der Waals surface area (Å²) in [5.41, 5.74) is -1.81. The van der Waals surface area contributed by atoms with Crippen LogP contribution in [-0.4, -0.2) is 9.97 Å². The first-order valence-electron chi connectivity index (χ1n) is 4.18. The quantitative estimate of drug-likeness (QED) is 0.693. The van der Waals surface area contributed by atoms with E-state index in [9.17, 15) is 22.0 Å². The predicted molar refractivity (Wildman–Crippen MR) is 52.2 cm³/mol. The Balaban J connectivity index is 2.76. The summed E-state index contributed by atoms with van der Waals surface area (Å²) in [5.74, 6) is -2.47. The van der Waals surface area contributed by atoms with Gasteiger partial charge in [0, 0.05) is 12.1 Å². The minimum Gasteiger partial charge on any atom is -0.239 e. The molecule has 0 aliphatic heterocycles. The van der Waals surface area contributed by atoms with Gasteiger partial charge >= 0.3 is 6.18 Å². The topological polar surface area (TPSA) is 25.8 Å². The van der Waals surface area contributed by atoms with Gasteiger partial charge in [-0.15, -0.1) is 0 Å². The SMILES string of the molecule is Fc1cc2nc(Br)c(C(F)(F)F)nc2cc1F. The molecule has 0 saturated heterocycles. The minimum atomic E-state index is -4.72. The maximum Gasteiger partial charge on any atom is 0.436 e. The van der Waals surface area contributed by atoms with Crippen molar-refractivity contribution in [3.05, 3.63) is 34.1 Å². The van der Waals surface area contributed by atoms with E-state index >= 15 is 0 Å². The van der Waals surface area contributed by atoms with Gasteiger partial charge in [0.15, 0.2) is 17.3 Å². The minimum absolute atomic E-state index is 0.163. The van der Waals surface area contributed by atoms with Gasteiger partial charge < -0.3 is 0 Å². The van der Waals surface area contributed by atoms with Crippen LogP contribution in [0.3, 0.4) is 0 Å². The lowest BCUT2D eigenvalue weighted by Gasteiger charge is -2.08. The molecule has 2 nitrogen and oxygen atoms in total. The molecule has 0 spiro atoms. The number of nitrogens with zero attached hydrogens (tertiary/aromatic N) is 2. The molecule has 0 N–H and O–H groups in total. The third kappa shape index (κ3) is 2.21. The summed E-state index contributed by atoms with van der Waals surface area (Å²) in [7, 11) is 0. The van der Waals surface area contributed by atoms with Crippen LogP contribution in [0.4, 0.5) is 22.0 Å². The summed E-state index contributed by atoms with van der Waals surface area (Å²) in [6, 6.07) is 1.25. The van der Waals surface area contributed by atoms with E-state index < -0.39 is 28.1 Å². The number of alkyl halides is 3. The van der Waals surface area contributed by atoms with Gasteiger partial charge in [0.2, 0.25) is 0 Å². The average molecular weight is 313 g/mol. The largest absolute Gasteiger partial charge is 0.436 e. The van der Waals surface area contributed by atoms with E-state index in [0.29, 0.717) is 12.1 Å². The van der Waals surface area contributed by atoms with Gasteiger partial charge in [-0.25, -0.2) is 18.7 Å². The zero-order valence-corrected chi connectivity index (χ0v) is 9.40. The second-order valence-electron chi connectivity index (χ2n) is 3.12. The van der Waals surface area contributed by atoms with Crippen LogP contribution in [0.15, 0.2) is 16.7 Å². The standard InChI is InChI=1S/C9H2BrF5N2/c10-8-7(9(13,14)15)16-5-1-3(11)4(12)2-6(5)17-8/h1-2H. The number of benzene rings is 1. The molecule has 90 valence electrons. The van der Waals surface area contributed by atoms with Crippen molar-refractivity contribution in [1.29, 1.82) is 0 Å². The van der Waals surface area contributed by atoms with Crippen molar-refractivity contribution in [2.45, 2.75) is 6.18 Å². The normalized spacial score (nSPS) is 12.1. The zero-order valence-electron chi connectivity index (χ0n) is 7.82. The van der Waals surface area contributed by atoms with Crippen LogP contribution in [0.25, 0.3) is 11.0 Å². The summed E-state index contributed by atoms with van der Waals surface area (Å²) in [4.78, 5) is 6.68. The lowest BCUT2D eigenvalue weighted by molar-refractivity contribution is -0.141. The van der Waals surface area contributed by atoms with E-state index in [1.807, 2.05) is 0 Å². The van der Waals surface area contributed by atoms with Crippen molar-refractivity contribution in [2.24, 2.45) is 0 Å². The lowest BCUT2D eigenvalue weighted by Crippen LogP contribution is -2.10. The fraction of sp³-hybridized carbons (Fsp3) is 0.111. The summed E-state index contributed by atoms with van der Waals surface area (Å²) in [6.07, 6.45) is -4.72. The Bertz CT molecular complexity index is 596. The molecule has 1 aromatic carbocycles. The fourth-order valence-corrected chi connectivity index (χ4v) is 1.72. The number of halogens is 6. The molecule has 0 aliphatic rings. The Kier molecular flexibility index (Phi) is 2.76. The molecule has 0 bridgehead atoms. The highest BCUT2D eigenvalue weighted by Crippen LogP contribution is 2.33. The maximum atomic E-state index is 12.8. The molecule has 0 amide bonds. The van der Waals surface area contributed by atoms with Crippen LogP contribution in [0.1, 0.15) is 5.69 Å². The van der Waals surface area contributed by atoms with Crippen molar-refractivity contribution in [3.8, 4) is 0 Å². The van der Waals surface area contributed by atoms with E-state index in [0.717, 1.165) is 0 Å². The monoisotopic (exact) mass is 312 g/mol. The highest BCUT2D eigenvalue weighted by atomic mass is 79.9. The summed E-state index contributed by atoms with van der Waals surface area (Å²) in [5, 5.41) is 0. The number of fused-ring (bicyclic) bond motifs is 1. The molecule has 2 rings (SSSR count). The van der Waals surface area contributed by atoms with Gasteiger partial charge in [0.25, 0.3) is 0 Å². The van der Waals surface area contributed by atoms with Crippen LogP contribution >= 0.6 is 15.9 Å². The van der Waals surface area contributed by atoms with Crippen LogP contribution in [0.2, 0.25) is 0 Å². The Labute approximate surface area is 99.6 Å². The highest BCUT2D eigenvalue weighted by Gasteiger charge is 2.36. The molecule has 17 heavy (non-hydrogen) atoms. The molecule has 0 radical (unpaired) electrons. The van der Waals surface area contributed by atoms with E-state index in [1.165, 1.54) is 0 Å². The second kappa shape index (κ2) is 3.86. The molecule has 0 saturated carbocycles. The maximum absolute atomic E-state index is 12.8. The summed E-state index contributed by atoms with van der Waals surface area (Å²) in [6.45, 7) is 0. The molecule has 0 fully saturated rings. The van der Waals surface area contributed by atoms with Crippen LogP contribution < -0.4 is 0 Å². The molecule has 2 aromatic rings. The average Bonchev–Trinajstić information content (AvgIpc) is 2.18. The predicted octanol–water partition coefficient (Wildman–Crippen LogP) is 3.69. The van der Waals surface area contributed by atoms with E-state index in [4.69, 9.17) is 0 Å². The van der Waals surface area contributed by atoms with Crippen molar-refractivity contribution in [2.75, 3.05) is 0 Å². The summed E-state index contributed by atoms with van der Waals surface area (Å²) < 4.78 is 62.5. The zero-order chi connectivity index (χ0) is 12.8. The molecule has 0 unspecified atom stereocenters. The van der Waals surface area contributed by atoms with Crippen molar-refractivity contribution in [1.82, 2.24) is 9.97 Å². The first kappa shape index (κ1) is 12.2. The number of aromatic nitrogens is 2. The molecule has 1 aromatic heterocycles. The Morgan fingerprint density at radius 2 is 1.41 bits per heavy atom. The van der Waals surface area contributed by atoms with Gasteiger partial charge in [-0.3, -0.25) is 0 Å². The Morgan fingerprint density at radius 1 is 0.941 bits per heavy atom. The third-order valence-corrected chi connectivity index (χ3v) is 2.49. The van der Waals surface area contributed by atoms with Gasteiger partial charge in [-0.1, -0.05) is 0 Å². The van der Waals surface area contributed by atoms with Gasteiger partial charge in [0.05, 0.1) is 11.0 Å². The van der Waals surface area contributed by atoms with Crippen molar-refractivity contribution < 1.29 is 22.0 Å². The fourth-order valence-electron chi connectivity index (χ4n) is 1.21. The van der Waals surface area contributed by atoms with Crippen molar-refractivity contribution in [3.63, 3.8) is 0 Å². The van der Waals surface area contributed by atoms with E-state index in [-0.39, 0.29) is 11.0 Å².